The van der Waals surface area contributed by atoms with E-state index in [1.165, 1.54) is 13.0 Å². The minimum absolute atomic E-state index is 0.0958. The second-order valence-corrected chi connectivity index (χ2v) is 7.28. The lowest BCUT2D eigenvalue weighted by Crippen LogP contribution is -2.46. The summed E-state index contributed by atoms with van der Waals surface area (Å²) in [4.78, 5) is 13.9. The molecular formula is C14H13N3O4S2. The van der Waals surface area contributed by atoms with E-state index in [2.05, 4.69) is 5.43 Å². The maximum Gasteiger partial charge on any atom is 0.275 e. The molecule has 2 rings (SSSR count). The highest BCUT2D eigenvalue weighted by Gasteiger charge is 2.19. The Morgan fingerprint density at radius 1 is 1.30 bits per heavy atom. The van der Waals surface area contributed by atoms with Crippen LogP contribution in [0.25, 0.3) is 0 Å². The van der Waals surface area contributed by atoms with Crippen molar-refractivity contribution in [3.05, 3.63) is 47.3 Å². The third-order valence-corrected chi connectivity index (χ3v) is 5.38. The number of thiophene rings is 1. The minimum Gasteiger partial charge on any atom is -0.481 e. The van der Waals surface area contributed by atoms with Crippen molar-refractivity contribution >= 4 is 27.3 Å². The van der Waals surface area contributed by atoms with Gasteiger partial charge in [0.25, 0.3) is 15.9 Å². The van der Waals surface area contributed by atoms with Crippen LogP contribution in [-0.4, -0.2) is 20.4 Å². The molecule has 0 saturated heterocycles. The van der Waals surface area contributed by atoms with Crippen molar-refractivity contribution in [3.63, 3.8) is 0 Å². The quantitative estimate of drug-likeness (QED) is 0.765. The van der Waals surface area contributed by atoms with Gasteiger partial charge in [0.15, 0.2) is 6.10 Å². The molecule has 1 heterocycles. The highest BCUT2D eigenvalue weighted by Crippen LogP contribution is 2.15. The summed E-state index contributed by atoms with van der Waals surface area (Å²) in [5.41, 5.74) is 2.58. The number of amides is 1. The van der Waals surface area contributed by atoms with Crippen LogP contribution in [0.3, 0.4) is 0 Å². The van der Waals surface area contributed by atoms with Crippen LogP contribution in [0, 0.1) is 11.3 Å². The molecule has 0 unspecified atom stereocenters. The Kier molecular flexibility index (Phi) is 5.33. The molecule has 1 atom stereocenters. The predicted octanol–water partition coefficient (Wildman–Crippen LogP) is 1.40. The lowest BCUT2D eigenvalue weighted by Gasteiger charge is -2.15. The van der Waals surface area contributed by atoms with Crippen molar-refractivity contribution < 1.29 is 17.9 Å². The van der Waals surface area contributed by atoms with Crippen molar-refractivity contribution in [3.8, 4) is 11.8 Å². The number of hydrogen-bond acceptors (Lipinski definition) is 6. The maximum atomic E-state index is 11.9. The summed E-state index contributed by atoms with van der Waals surface area (Å²) in [6, 6.07) is 11.2. The van der Waals surface area contributed by atoms with Crippen molar-refractivity contribution in [2.45, 2.75) is 17.2 Å². The average molecular weight is 351 g/mol. The summed E-state index contributed by atoms with van der Waals surface area (Å²) < 4.78 is 29.2. The van der Waals surface area contributed by atoms with Gasteiger partial charge in [0.05, 0.1) is 11.6 Å². The molecule has 0 aliphatic carbocycles. The summed E-state index contributed by atoms with van der Waals surface area (Å²) in [7, 11) is -3.78. The first-order valence-corrected chi connectivity index (χ1v) is 8.80. The first kappa shape index (κ1) is 17.0. The number of sulfonamides is 1. The first-order chi connectivity index (χ1) is 10.9. The highest BCUT2D eigenvalue weighted by molar-refractivity contribution is 7.91. The van der Waals surface area contributed by atoms with Crippen LogP contribution in [0.4, 0.5) is 0 Å². The van der Waals surface area contributed by atoms with Crippen LogP contribution in [-0.2, 0) is 14.8 Å². The number of rotatable bonds is 6. The van der Waals surface area contributed by atoms with Crippen LogP contribution < -0.4 is 15.0 Å². The molecular weight excluding hydrogens is 338 g/mol. The zero-order valence-electron chi connectivity index (χ0n) is 12.0. The van der Waals surface area contributed by atoms with Crippen LogP contribution in [0.1, 0.15) is 12.5 Å². The van der Waals surface area contributed by atoms with Gasteiger partial charge in [-0.1, -0.05) is 6.07 Å². The van der Waals surface area contributed by atoms with E-state index < -0.39 is 22.0 Å². The number of hydrazine groups is 1. The third-order valence-electron chi connectivity index (χ3n) is 2.73. The van der Waals surface area contributed by atoms with E-state index in [0.717, 1.165) is 11.3 Å². The Morgan fingerprint density at radius 3 is 2.57 bits per heavy atom. The van der Waals surface area contributed by atoms with E-state index in [0.29, 0.717) is 11.3 Å². The minimum atomic E-state index is -3.78. The van der Waals surface area contributed by atoms with E-state index in [1.54, 1.807) is 35.7 Å². The fraction of sp³-hybridized carbons (Fsp3) is 0.143. The molecule has 7 nitrogen and oxygen atoms in total. The number of hydrogen-bond donors (Lipinski definition) is 2. The topological polar surface area (TPSA) is 108 Å². The Bertz CT molecular complexity index is 809. The SMILES string of the molecule is C[C@@H](Oc1ccc(C#N)cc1)C(=O)NNS(=O)(=O)c1cccs1. The van der Waals surface area contributed by atoms with Crippen LogP contribution >= 0.6 is 11.3 Å². The summed E-state index contributed by atoms with van der Waals surface area (Å²) in [5, 5.41) is 10.3. The molecule has 0 saturated carbocycles. The molecule has 120 valence electrons. The molecule has 23 heavy (non-hydrogen) atoms. The maximum absolute atomic E-state index is 11.9. The van der Waals surface area contributed by atoms with Gasteiger partial charge in [-0.2, -0.15) is 5.26 Å². The van der Waals surface area contributed by atoms with Gasteiger partial charge >= 0.3 is 0 Å². The second-order valence-electron chi connectivity index (χ2n) is 4.42. The lowest BCUT2D eigenvalue weighted by molar-refractivity contribution is -0.127. The van der Waals surface area contributed by atoms with E-state index >= 15 is 0 Å². The highest BCUT2D eigenvalue weighted by atomic mass is 32.2. The third kappa shape index (κ3) is 4.53. The van der Waals surface area contributed by atoms with Gasteiger partial charge in [-0.25, -0.2) is 8.42 Å². The molecule has 0 spiro atoms. The van der Waals surface area contributed by atoms with Gasteiger partial charge in [0.1, 0.15) is 9.96 Å². The van der Waals surface area contributed by atoms with Crippen LogP contribution in [0.5, 0.6) is 5.75 Å². The van der Waals surface area contributed by atoms with Crippen molar-refractivity contribution in [2.24, 2.45) is 0 Å². The Morgan fingerprint density at radius 2 is 2.00 bits per heavy atom. The van der Waals surface area contributed by atoms with Crippen molar-refractivity contribution in [1.29, 1.82) is 5.26 Å². The Hall–Kier alpha value is -2.41. The molecule has 2 N–H and O–H groups in total. The molecule has 1 aromatic carbocycles. The van der Waals surface area contributed by atoms with Gasteiger partial charge in [-0.05, 0) is 42.6 Å². The van der Waals surface area contributed by atoms with Gasteiger partial charge in [0.2, 0.25) is 0 Å². The van der Waals surface area contributed by atoms with E-state index in [-0.39, 0.29) is 4.21 Å². The zero-order chi connectivity index (χ0) is 16.9. The number of carbonyl (C=O) groups is 1. The van der Waals surface area contributed by atoms with E-state index in [9.17, 15) is 13.2 Å². The predicted molar refractivity (Wildman–Crippen MR) is 84.0 cm³/mol. The molecule has 0 radical (unpaired) electrons. The van der Waals surface area contributed by atoms with Gasteiger partial charge in [-0.15, -0.1) is 16.2 Å². The summed E-state index contributed by atoms with van der Waals surface area (Å²) in [5.74, 6) is -0.248. The van der Waals surface area contributed by atoms with E-state index in [4.69, 9.17) is 10.00 Å². The summed E-state index contributed by atoms with van der Waals surface area (Å²) >= 11 is 1.04. The summed E-state index contributed by atoms with van der Waals surface area (Å²) in [6.45, 7) is 1.48. The Balaban J connectivity index is 1.91. The number of nitriles is 1. The molecule has 1 aromatic heterocycles. The lowest BCUT2D eigenvalue weighted by atomic mass is 10.2. The molecule has 0 fully saturated rings. The van der Waals surface area contributed by atoms with Gasteiger partial charge < -0.3 is 4.74 Å². The first-order valence-electron chi connectivity index (χ1n) is 6.44. The molecule has 0 aliphatic rings. The largest absolute Gasteiger partial charge is 0.481 e. The van der Waals surface area contributed by atoms with Crippen molar-refractivity contribution in [2.75, 3.05) is 0 Å². The number of nitrogens with one attached hydrogen (secondary N) is 2. The number of carbonyl (C=O) groups excluding carboxylic acids is 1. The molecule has 1 amide bonds. The van der Waals surface area contributed by atoms with Gasteiger partial charge in [-0.3, -0.25) is 10.2 Å². The van der Waals surface area contributed by atoms with Gasteiger partial charge in [0, 0.05) is 0 Å². The standard InChI is InChI=1S/C14H13N3O4S2/c1-10(21-12-6-4-11(9-15)5-7-12)14(18)16-17-23(19,20)13-3-2-8-22-13/h2-8,10,17H,1H3,(H,16,18)/t10-/m1/s1. The fourth-order valence-corrected chi connectivity index (χ4v) is 3.39. The summed E-state index contributed by atoms with van der Waals surface area (Å²) in [6.07, 6.45) is -0.922. The fourth-order valence-electron chi connectivity index (χ4n) is 1.55. The second kappa shape index (κ2) is 7.23. The van der Waals surface area contributed by atoms with Crippen LogP contribution in [0.2, 0.25) is 0 Å². The molecule has 0 aliphatic heterocycles. The van der Waals surface area contributed by atoms with E-state index in [1.807, 2.05) is 10.9 Å². The van der Waals surface area contributed by atoms with Crippen LogP contribution in [0.15, 0.2) is 46.0 Å². The number of benzene rings is 1. The molecule has 0 bridgehead atoms. The normalized spacial score (nSPS) is 12.2. The van der Waals surface area contributed by atoms with Crippen molar-refractivity contribution in [1.82, 2.24) is 10.3 Å². The molecule has 9 heteroatoms. The average Bonchev–Trinajstić information content (AvgIpc) is 3.08. The Labute approximate surface area is 137 Å². The monoisotopic (exact) mass is 351 g/mol. The zero-order valence-corrected chi connectivity index (χ0v) is 13.6. The molecule has 2 aromatic rings. The smallest absolute Gasteiger partial charge is 0.275 e. The number of nitrogens with zero attached hydrogens (tertiary/aromatic N) is 1. The number of ether oxygens (including phenoxy) is 1.